The quantitative estimate of drug-likeness (QED) is 0.689. The summed E-state index contributed by atoms with van der Waals surface area (Å²) in [6.45, 7) is 1.19. The van der Waals surface area contributed by atoms with Gasteiger partial charge in [-0.05, 0) is 13.0 Å². The summed E-state index contributed by atoms with van der Waals surface area (Å²) < 4.78 is 25.5. The fourth-order valence-corrected chi connectivity index (χ4v) is 1.58. The fourth-order valence-electron chi connectivity index (χ4n) is 1.12. The molecule has 0 aliphatic carbocycles. The van der Waals surface area contributed by atoms with Crippen LogP contribution in [0.15, 0.2) is 0 Å². The van der Waals surface area contributed by atoms with Crippen LogP contribution in [0.1, 0.15) is 6.42 Å². The molecule has 1 fully saturated rings. The number of nitrogens with one attached hydrogen (secondary N) is 1. The summed E-state index contributed by atoms with van der Waals surface area (Å²) >= 11 is 2.80. The molecule has 0 aromatic carbocycles. The lowest BCUT2D eigenvalue weighted by Crippen LogP contribution is -2.31. The van der Waals surface area contributed by atoms with Crippen LogP contribution >= 0.6 is 15.9 Å². The SMILES string of the molecule is FC(F)(CBr)C1CCNC1. The molecule has 0 radical (unpaired) electrons. The van der Waals surface area contributed by atoms with Crippen molar-refractivity contribution in [2.45, 2.75) is 12.3 Å². The van der Waals surface area contributed by atoms with Crippen LogP contribution in [0.25, 0.3) is 0 Å². The summed E-state index contributed by atoms with van der Waals surface area (Å²) in [6, 6.07) is 0. The van der Waals surface area contributed by atoms with Crippen LogP contribution < -0.4 is 5.32 Å². The van der Waals surface area contributed by atoms with Crippen molar-refractivity contribution in [1.29, 1.82) is 0 Å². The molecule has 1 heterocycles. The third-order valence-electron chi connectivity index (χ3n) is 1.84. The molecule has 1 nitrogen and oxygen atoms in total. The van der Waals surface area contributed by atoms with E-state index in [1.54, 1.807) is 0 Å². The minimum Gasteiger partial charge on any atom is -0.316 e. The number of hydrogen-bond acceptors (Lipinski definition) is 1. The van der Waals surface area contributed by atoms with Crippen LogP contribution in [-0.4, -0.2) is 24.3 Å². The highest BCUT2D eigenvalue weighted by Crippen LogP contribution is 2.30. The van der Waals surface area contributed by atoms with E-state index in [9.17, 15) is 8.78 Å². The first-order valence-corrected chi connectivity index (χ1v) is 4.43. The maximum atomic E-state index is 12.8. The molecule has 4 heteroatoms. The van der Waals surface area contributed by atoms with Gasteiger partial charge in [0.15, 0.2) is 0 Å². The van der Waals surface area contributed by atoms with Gasteiger partial charge in [0.2, 0.25) is 0 Å². The van der Waals surface area contributed by atoms with E-state index < -0.39 is 11.8 Å². The maximum absolute atomic E-state index is 12.8. The Labute approximate surface area is 67.3 Å². The summed E-state index contributed by atoms with van der Waals surface area (Å²) in [5, 5.41) is 2.70. The van der Waals surface area contributed by atoms with Gasteiger partial charge in [-0.2, -0.15) is 0 Å². The van der Waals surface area contributed by atoms with E-state index in [4.69, 9.17) is 0 Å². The third kappa shape index (κ3) is 1.66. The van der Waals surface area contributed by atoms with Gasteiger partial charge in [-0.3, -0.25) is 0 Å². The Hall–Kier alpha value is 0.300. The zero-order chi connectivity index (χ0) is 7.61. The molecule has 1 atom stereocenters. The van der Waals surface area contributed by atoms with Crippen LogP contribution in [0.4, 0.5) is 8.78 Å². The molecule has 0 saturated carbocycles. The summed E-state index contributed by atoms with van der Waals surface area (Å²) in [7, 11) is 0. The zero-order valence-corrected chi connectivity index (χ0v) is 7.13. The van der Waals surface area contributed by atoms with Gasteiger partial charge >= 0.3 is 0 Å². The van der Waals surface area contributed by atoms with Crippen LogP contribution in [0.5, 0.6) is 0 Å². The molecule has 1 aliphatic rings. The van der Waals surface area contributed by atoms with E-state index in [0.29, 0.717) is 13.0 Å². The Morgan fingerprint density at radius 2 is 2.30 bits per heavy atom. The fraction of sp³-hybridized carbons (Fsp3) is 1.00. The molecule has 60 valence electrons. The van der Waals surface area contributed by atoms with E-state index in [1.807, 2.05) is 0 Å². The van der Waals surface area contributed by atoms with E-state index in [2.05, 4.69) is 21.2 Å². The summed E-state index contributed by atoms with van der Waals surface area (Å²) in [5.41, 5.74) is 0. The normalized spacial score (nSPS) is 27.3. The van der Waals surface area contributed by atoms with Crippen LogP contribution in [0.2, 0.25) is 0 Å². The largest absolute Gasteiger partial charge is 0.316 e. The van der Waals surface area contributed by atoms with Crippen LogP contribution in [0, 0.1) is 5.92 Å². The highest BCUT2D eigenvalue weighted by Gasteiger charge is 2.39. The van der Waals surface area contributed by atoms with Crippen molar-refractivity contribution < 1.29 is 8.78 Å². The van der Waals surface area contributed by atoms with Gasteiger partial charge in [0.1, 0.15) is 0 Å². The molecule has 0 aromatic heterocycles. The average Bonchev–Trinajstić information content (AvgIpc) is 2.38. The molecule has 1 aliphatic heterocycles. The predicted octanol–water partition coefficient (Wildman–Crippen LogP) is 1.63. The highest BCUT2D eigenvalue weighted by atomic mass is 79.9. The van der Waals surface area contributed by atoms with E-state index >= 15 is 0 Å². The Morgan fingerprint density at radius 3 is 2.70 bits per heavy atom. The van der Waals surface area contributed by atoms with Gasteiger partial charge in [-0.25, -0.2) is 8.78 Å². The maximum Gasteiger partial charge on any atom is 0.261 e. The second-order valence-corrected chi connectivity index (χ2v) is 3.15. The second-order valence-electron chi connectivity index (χ2n) is 2.58. The number of halogens is 3. The van der Waals surface area contributed by atoms with Crippen molar-refractivity contribution in [2.24, 2.45) is 5.92 Å². The lowest BCUT2D eigenvalue weighted by atomic mass is 10.0. The molecule has 0 spiro atoms. The topological polar surface area (TPSA) is 12.0 Å². The molecular formula is C6H10BrF2N. The standard InChI is InChI=1S/C6H10BrF2N/c7-4-6(8,9)5-1-2-10-3-5/h5,10H,1-4H2. The monoisotopic (exact) mass is 213 g/mol. The molecule has 1 N–H and O–H groups in total. The van der Waals surface area contributed by atoms with E-state index in [1.165, 1.54) is 0 Å². The Kier molecular flexibility index (Phi) is 2.63. The molecule has 1 unspecified atom stereocenters. The van der Waals surface area contributed by atoms with Gasteiger partial charge < -0.3 is 5.32 Å². The summed E-state index contributed by atoms with van der Waals surface area (Å²) in [6.07, 6.45) is 0.596. The van der Waals surface area contributed by atoms with Crippen LogP contribution in [-0.2, 0) is 0 Å². The molecule has 1 rings (SSSR count). The van der Waals surface area contributed by atoms with Gasteiger partial charge in [0.25, 0.3) is 5.92 Å². The predicted molar refractivity (Wildman–Crippen MR) is 39.7 cm³/mol. The Bertz CT molecular complexity index is 112. The highest BCUT2D eigenvalue weighted by molar-refractivity contribution is 9.09. The zero-order valence-electron chi connectivity index (χ0n) is 5.54. The summed E-state index contributed by atoms with van der Waals surface area (Å²) in [5.74, 6) is -2.99. The molecule has 0 aromatic rings. The first-order chi connectivity index (χ1) is 4.67. The number of hydrogen-bond donors (Lipinski definition) is 1. The van der Waals surface area contributed by atoms with E-state index in [0.717, 1.165) is 6.54 Å². The summed E-state index contributed by atoms with van der Waals surface area (Å²) in [4.78, 5) is 0. The van der Waals surface area contributed by atoms with Gasteiger partial charge in [-0.1, -0.05) is 15.9 Å². The van der Waals surface area contributed by atoms with Crippen molar-refractivity contribution in [2.75, 3.05) is 18.4 Å². The second kappa shape index (κ2) is 3.13. The molecular weight excluding hydrogens is 204 g/mol. The first kappa shape index (κ1) is 8.40. The lowest BCUT2D eigenvalue weighted by Gasteiger charge is -2.19. The molecule has 10 heavy (non-hydrogen) atoms. The Morgan fingerprint density at radius 1 is 1.60 bits per heavy atom. The average molecular weight is 214 g/mol. The minimum atomic E-state index is -2.52. The molecule has 1 saturated heterocycles. The van der Waals surface area contributed by atoms with Gasteiger partial charge in [0.05, 0.1) is 5.33 Å². The molecule has 0 amide bonds. The van der Waals surface area contributed by atoms with Crippen molar-refractivity contribution in [3.63, 3.8) is 0 Å². The third-order valence-corrected chi connectivity index (χ3v) is 2.58. The minimum absolute atomic E-state index is 0.216. The van der Waals surface area contributed by atoms with Gasteiger partial charge in [-0.15, -0.1) is 0 Å². The van der Waals surface area contributed by atoms with Crippen LogP contribution in [0.3, 0.4) is 0 Å². The van der Waals surface area contributed by atoms with Crippen molar-refractivity contribution in [3.8, 4) is 0 Å². The van der Waals surface area contributed by atoms with Gasteiger partial charge in [0, 0.05) is 12.5 Å². The molecule has 0 bridgehead atoms. The Balaban J connectivity index is 2.45. The number of rotatable bonds is 2. The van der Waals surface area contributed by atoms with E-state index in [-0.39, 0.29) is 5.33 Å². The smallest absolute Gasteiger partial charge is 0.261 e. The van der Waals surface area contributed by atoms with Crippen molar-refractivity contribution in [3.05, 3.63) is 0 Å². The van der Waals surface area contributed by atoms with Crippen molar-refractivity contribution in [1.82, 2.24) is 5.32 Å². The lowest BCUT2D eigenvalue weighted by molar-refractivity contribution is -0.0251. The van der Waals surface area contributed by atoms with Crippen molar-refractivity contribution >= 4 is 15.9 Å². The number of alkyl halides is 3. The first-order valence-electron chi connectivity index (χ1n) is 3.31.